The lowest BCUT2D eigenvalue weighted by Crippen LogP contribution is -2.00. The molecule has 0 bridgehead atoms. The minimum absolute atomic E-state index is 0.796. The van der Waals surface area contributed by atoms with Gasteiger partial charge >= 0.3 is 0 Å². The van der Waals surface area contributed by atoms with Gasteiger partial charge in [0.1, 0.15) is 5.69 Å². The molecule has 0 atom stereocenters. The second-order valence-electron chi connectivity index (χ2n) is 5.88. The monoisotopic (exact) mass is 377 g/mol. The van der Waals surface area contributed by atoms with Gasteiger partial charge in [0.05, 0.1) is 5.69 Å². The van der Waals surface area contributed by atoms with Gasteiger partial charge in [0.2, 0.25) is 0 Å². The molecular formula is C20H16BrN3. The minimum Gasteiger partial charge on any atom is -0.348 e. The Morgan fingerprint density at radius 2 is 1.67 bits per heavy atom. The largest absolute Gasteiger partial charge is 0.348 e. The standard InChI is InChI=1S/C20H16BrN3/c1-14-4-2-3-5-17(14)20-22-18-10-11-24(13-19(18)23-20)12-15-6-8-16(21)9-7-15/h2-11,13H,12H2,1H3. The molecule has 2 aromatic rings. The van der Waals surface area contributed by atoms with Crippen molar-refractivity contribution in [3.63, 3.8) is 0 Å². The summed E-state index contributed by atoms with van der Waals surface area (Å²) >= 11 is 3.47. The van der Waals surface area contributed by atoms with E-state index in [2.05, 4.69) is 81.2 Å². The maximum Gasteiger partial charge on any atom is 0.160 e. The summed E-state index contributed by atoms with van der Waals surface area (Å²) in [5.41, 5.74) is 5.39. The molecule has 0 saturated carbocycles. The molecule has 2 aliphatic rings. The van der Waals surface area contributed by atoms with Crippen molar-refractivity contribution >= 4 is 15.9 Å². The minimum atomic E-state index is 0.796. The van der Waals surface area contributed by atoms with Gasteiger partial charge in [-0.2, -0.15) is 0 Å². The number of aromatic nitrogens is 3. The summed E-state index contributed by atoms with van der Waals surface area (Å²) in [5, 5.41) is 0. The molecule has 2 aromatic carbocycles. The molecule has 0 radical (unpaired) electrons. The van der Waals surface area contributed by atoms with Crippen molar-refractivity contribution in [3.8, 4) is 22.8 Å². The molecule has 0 spiro atoms. The topological polar surface area (TPSA) is 30.7 Å². The average molecular weight is 378 g/mol. The van der Waals surface area contributed by atoms with E-state index in [0.717, 1.165) is 33.8 Å². The lowest BCUT2D eigenvalue weighted by atomic mass is 10.1. The molecule has 3 nitrogen and oxygen atoms in total. The molecule has 24 heavy (non-hydrogen) atoms. The molecule has 2 aliphatic heterocycles. The Morgan fingerprint density at radius 3 is 2.46 bits per heavy atom. The first-order valence-electron chi connectivity index (χ1n) is 7.83. The van der Waals surface area contributed by atoms with E-state index in [1.54, 1.807) is 0 Å². The van der Waals surface area contributed by atoms with Crippen molar-refractivity contribution in [1.82, 2.24) is 14.5 Å². The van der Waals surface area contributed by atoms with Crippen LogP contribution in [-0.4, -0.2) is 14.5 Å². The number of halogens is 1. The van der Waals surface area contributed by atoms with Gasteiger partial charge in [0.15, 0.2) is 5.82 Å². The summed E-state index contributed by atoms with van der Waals surface area (Å²) < 4.78 is 3.23. The SMILES string of the molecule is Cc1ccccc1-c1nc2ccn(Cc3ccc(Br)cc3)cc-2n1. The van der Waals surface area contributed by atoms with E-state index < -0.39 is 0 Å². The van der Waals surface area contributed by atoms with Crippen LogP contribution in [0.2, 0.25) is 0 Å². The number of hydrogen-bond acceptors (Lipinski definition) is 2. The lowest BCUT2D eigenvalue weighted by molar-refractivity contribution is 0.789. The molecule has 2 heterocycles. The Labute approximate surface area is 149 Å². The highest BCUT2D eigenvalue weighted by atomic mass is 79.9. The highest BCUT2D eigenvalue weighted by Gasteiger charge is 2.13. The van der Waals surface area contributed by atoms with Crippen LogP contribution in [0.15, 0.2) is 71.5 Å². The predicted octanol–water partition coefficient (Wildman–Crippen LogP) is 5.17. The summed E-state index contributed by atoms with van der Waals surface area (Å²) in [6.45, 7) is 2.90. The van der Waals surface area contributed by atoms with E-state index in [-0.39, 0.29) is 0 Å². The summed E-state index contributed by atoms with van der Waals surface area (Å²) in [6.07, 6.45) is 4.12. The van der Waals surface area contributed by atoms with Crippen molar-refractivity contribution in [2.75, 3.05) is 0 Å². The van der Waals surface area contributed by atoms with Crippen LogP contribution in [0.5, 0.6) is 0 Å². The van der Waals surface area contributed by atoms with E-state index in [4.69, 9.17) is 4.98 Å². The fourth-order valence-corrected chi connectivity index (χ4v) is 3.06. The number of hydrogen-bond donors (Lipinski definition) is 0. The maximum atomic E-state index is 4.72. The summed E-state index contributed by atoms with van der Waals surface area (Å²) in [6, 6.07) is 18.6. The fourth-order valence-electron chi connectivity index (χ4n) is 2.80. The number of rotatable bonds is 3. The predicted molar refractivity (Wildman–Crippen MR) is 100 cm³/mol. The fraction of sp³-hybridized carbons (Fsp3) is 0.100. The molecule has 4 rings (SSSR count). The average Bonchev–Trinajstić information content (AvgIpc) is 3.00. The molecule has 0 unspecified atom stereocenters. The smallest absolute Gasteiger partial charge is 0.160 e. The summed E-state index contributed by atoms with van der Waals surface area (Å²) in [7, 11) is 0. The van der Waals surface area contributed by atoms with Gasteiger partial charge in [0.25, 0.3) is 0 Å². The zero-order valence-electron chi connectivity index (χ0n) is 13.3. The second kappa shape index (κ2) is 6.21. The molecule has 4 heteroatoms. The molecule has 0 fully saturated rings. The van der Waals surface area contributed by atoms with Crippen LogP contribution in [0, 0.1) is 6.92 Å². The quantitative estimate of drug-likeness (QED) is 0.493. The van der Waals surface area contributed by atoms with Crippen LogP contribution in [0.4, 0.5) is 0 Å². The Morgan fingerprint density at radius 1 is 0.917 bits per heavy atom. The van der Waals surface area contributed by atoms with Crippen LogP contribution in [0.25, 0.3) is 22.8 Å². The third-order valence-corrected chi connectivity index (χ3v) is 4.62. The van der Waals surface area contributed by atoms with Crippen LogP contribution >= 0.6 is 15.9 Å². The Balaban J connectivity index is 1.68. The number of pyridine rings is 1. The molecule has 0 N–H and O–H groups in total. The molecule has 0 amide bonds. The zero-order valence-corrected chi connectivity index (χ0v) is 14.9. The first-order chi connectivity index (χ1) is 11.7. The van der Waals surface area contributed by atoms with Crippen molar-refractivity contribution in [2.45, 2.75) is 13.5 Å². The molecule has 0 aromatic heterocycles. The zero-order chi connectivity index (χ0) is 16.5. The lowest BCUT2D eigenvalue weighted by Gasteiger charge is -2.08. The van der Waals surface area contributed by atoms with Crippen LogP contribution in [0.3, 0.4) is 0 Å². The third kappa shape index (κ3) is 2.97. The number of fused-ring (bicyclic) bond motifs is 1. The van der Waals surface area contributed by atoms with Crippen molar-refractivity contribution in [3.05, 3.63) is 82.6 Å². The molecular weight excluding hydrogens is 362 g/mol. The van der Waals surface area contributed by atoms with Crippen LogP contribution < -0.4 is 0 Å². The Bertz CT molecular complexity index is 957. The highest BCUT2D eigenvalue weighted by Crippen LogP contribution is 2.26. The van der Waals surface area contributed by atoms with E-state index in [1.165, 1.54) is 11.1 Å². The van der Waals surface area contributed by atoms with E-state index in [9.17, 15) is 0 Å². The number of benzene rings is 2. The van der Waals surface area contributed by atoms with Gasteiger partial charge < -0.3 is 4.57 Å². The van der Waals surface area contributed by atoms with Crippen LogP contribution in [0.1, 0.15) is 11.1 Å². The summed E-state index contributed by atoms with van der Waals surface area (Å²) in [4.78, 5) is 9.39. The maximum absolute atomic E-state index is 4.72. The highest BCUT2D eigenvalue weighted by molar-refractivity contribution is 9.10. The Kier molecular flexibility index (Phi) is 3.90. The number of imidazole rings is 1. The van der Waals surface area contributed by atoms with E-state index in [0.29, 0.717) is 0 Å². The normalized spacial score (nSPS) is 11.1. The van der Waals surface area contributed by atoms with E-state index >= 15 is 0 Å². The summed E-state index contributed by atoms with van der Waals surface area (Å²) in [5.74, 6) is 0.796. The van der Waals surface area contributed by atoms with Gasteiger partial charge in [-0.15, -0.1) is 0 Å². The molecule has 0 saturated heterocycles. The van der Waals surface area contributed by atoms with Gasteiger partial charge in [0, 0.05) is 29.0 Å². The Hall–Kier alpha value is -2.46. The van der Waals surface area contributed by atoms with Gasteiger partial charge in [-0.1, -0.05) is 52.3 Å². The first kappa shape index (κ1) is 15.1. The number of aryl methyl sites for hydroxylation is 1. The molecule has 118 valence electrons. The first-order valence-corrected chi connectivity index (χ1v) is 8.62. The van der Waals surface area contributed by atoms with Crippen molar-refractivity contribution < 1.29 is 0 Å². The second-order valence-corrected chi connectivity index (χ2v) is 6.79. The third-order valence-electron chi connectivity index (χ3n) is 4.09. The van der Waals surface area contributed by atoms with Crippen LogP contribution in [-0.2, 0) is 6.54 Å². The van der Waals surface area contributed by atoms with Crippen molar-refractivity contribution in [2.24, 2.45) is 0 Å². The van der Waals surface area contributed by atoms with Crippen molar-refractivity contribution in [1.29, 1.82) is 0 Å². The number of nitrogens with zero attached hydrogens (tertiary/aromatic N) is 3. The van der Waals surface area contributed by atoms with Gasteiger partial charge in [-0.25, -0.2) is 9.97 Å². The molecule has 0 aliphatic carbocycles. The van der Waals surface area contributed by atoms with Gasteiger partial charge in [-0.05, 0) is 36.2 Å². The van der Waals surface area contributed by atoms with E-state index in [1.807, 2.05) is 18.2 Å². The van der Waals surface area contributed by atoms with Gasteiger partial charge in [-0.3, -0.25) is 0 Å².